The Labute approximate surface area is 171 Å². The SMILES string of the molecule is CCCC1CCN(C2CCN(C(=O)Nc3nc(C)cs3)CC2)c2ccccc21. The van der Waals surface area contributed by atoms with Crippen LogP contribution >= 0.6 is 11.3 Å². The summed E-state index contributed by atoms with van der Waals surface area (Å²) in [5.41, 5.74) is 3.90. The molecular weight excluding hydrogens is 368 g/mol. The average molecular weight is 399 g/mol. The first-order valence-corrected chi connectivity index (χ1v) is 11.4. The molecule has 1 aromatic heterocycles. The molecule has 1 fully saturated rings. The highest BCUT2D eigenvalue weighted by Crippen LogP contribution is 2.39. The van der Waals surface area contributed by atoms with Gasteiger partial charge in [-0.25, -0.2) is 9.78 Å². The van der Waals surface area contributed by atoms with Crippen molar-refractivity contribution in [3.63, 3.8) is 0 Å². The number of carbonyl (C=O) groups is 1. The van der Waals surface area contributed by atoms with E-state index in [1.807, 2.05) is 17.2 Å². The molecule has 6 heteroatoms. The third-order valence-electron chi connectivity index (χ3n) is 6.07. The maximum atomic E-state index is 12.5. The van der Waals surface area contributed by atoms with Gasteiger partial charge in [0.05, 0.1) is 5.69 Å². The number of likely N-dealkylation sites (tertiary alicyclic amines) is 1. The van der Waals surface area contributed by atoms with E-state index < -0.39 is 0 Å². The average Bonchev–Trinajstić information content (AvgIpc) is 3.13. The van der Waals surface area contributed by atoms with Crippen LogP contribution in [0.5, 0.6) is 0 Å². The fourth-order valence-corrected chi connectivity index (χ4v) is 5.33. The molecule has 1 unspecified atom stereocenters. The summed E-state index contributed by atoms with van der Waals surface area (Å²) in [6, 6.07) is 9.46. The smallest absolute Gasteiger partial charge is 0.323 e. The quantitative estimate of drug-likeness (QED) is 0.766. The zero-order chi connectivity index (χ0) is 19.5. The Morgan fingerprint density at radius 2 is 2.00 bits per heavy atom. The minimum Gasteiger partial charge on any atom is -0.368 e. The Hall–Kier alpha value is -2.08. The molecule has 150 valence electrons. The van der Waals surface area contributed by atoms with Gasteiger partial charge in [-0.2, -0.15) is 0 Å². The molecule has 2 aliphatic rings. The van der Waals surface area contributed by atoms with Crippen molar-refractivity contribution < 1.29 is 4.79 Å². The Bertz CT molecular complexity index is 812. The second kappa shape index (κ2) is 8.52. The molecule has 3 heterocycles. The Balaban J connectivity index is 1.38. The van der Waals surface area contributed by atoms with Crippen molar-refractivity contribution in [2.75, 3.05) is 29.9 Å². The second-order valence-corrected chi connectivity index (χ2v) is 8.83. The molecule has 2 aliphatic heterocycles. The zero-order valence-corrected chi connectivity index (χ0v) is 17.7. The number of thiazole rings is 1. The predicted molar refractivity (Wildman–Crippen MR) is 117 cm³/mol. The molecule has 2 aromatic rings. The maximum Gasteiger partial charge on any atom is 0.323 e. The van der Waals surface area contributed by atoms with Gasteiger partial charge in [-0.3, -0.25) is 5.32 Å². The lowest BCUT2D eigenvalue weighted by atomic mass is 9.85. The summed E-state index contributed by atoms with van der Waals surface area (Å²) in [4.78, 5) is 21.4. The standard InChI is InChI=1S/C22H30N4OS/c1-3-6-17-9-14-26(20-8-5-4-7-19(17)20)18-10-12-25(13-11-18)22(27)24-21-23-16(2)15-28-21/h4-5,7-8,15,17-18H,3,6,9-14H2,1-2H3,(H,23,24,27). The highest BCUT2D eigenvalue weighted by atomic mass is 32.1. The van der Waals surface area contributed by atoms with Crippen molar-refractivity contribution in [1.82, 2.24) is 9.88 Å². The van der Waals surface area contributed by atoms with E-state index in [1.54, 1.807) is 0 Å². The van der Waals surface area contributed by atoms with Crippen LogP contribution < -0.4 is 10.2 Å². The second-order valence-electron chi connectivity index (χ2n) is 7.97. The van der Waals surface area contributed by atoms with Crippen LogP contribution in [0.2, 0.25) is 0 Å². The van der Waals surface area contributed by atoms with Crippen molar-refractivity contribution in [3.8, 4) is 0 Å². The van der Waals surface area contributed by atoms with Gasteiger partial charge < -0.3 is 9.80 Å². The molecule has 1 aromatic carbocycles. The van der Waals surface area contributed by atoms with E-state index >= 15 is 0 Å². The van der Waals surface area contributed by atoms with E-state index in [2.05, 4.69) is 46.4 Å². The van der Waals surface area contributed by atoms with Gasteiger partial charge in [-0.15, -0.1) is 11.3 Å². The fraction of sp³-hybridized carbons (Fsp3) is 0.545. The summed E-state index contributed by atoms with van der Waals surface area (Å²) in [6.45, 7) is 6.97. The van der Waals surface area contributed by atoms with Crippen LogP contribution in [-0.4, -0.2) is 41.6 Å². The van der Waals surface area contributed by atoms with Gasteiger partial charge in [0.1, 0.15) is 0 Å². The summed E-state index contributed by atoms with van der Waals surface area (Å²) >= 11 is 1.48. The lowest BCUT2D eigenvalue weighted by Crippen LogP contribution is -2.49. The summed E-state index contributed by atoms with van der Waals surface area (Å²) in [7, 11) is 0. The zero-order valence-electron chi connectivity index (χ0n) is 16.9. The molecule has 0 bridgehead atoms. The third kappa shape index (κ3) is 4.02. The number of urea groups is 1. The number of hydrogen-bond acceptors (Lipinski definition) is 4. The van der Waals surface area contributed by atoms with Crippen LogP contribution in [0.15, 0.2) is 29.6 Å². The molecule has 1 atom stereocenters. The van der Waals surface area contributed by atoms with Crippen LogP contribution in [0.4, 0.5) is 15.6 Å². The van der Waals surface area contributed by atoms with Crippen LogP contribution in [0.3, 0.4) is 0 Å². The number of piperidine rings is 1. The van der Waals surface area contributed by atoms with Crippen molar-refractivity contribution in [3.05, 3.63) is 40.9 Å². The first kappa shape index (κ1) is 19.2. The molecule has 0 aliphatic carbocycles. The van der Waals surface area contributed by atoms with Gasteiger partial charge in [0.2, 0.25) is 0 Å². The molecule has 1 saturated heterocycles. The highest BCUT2D eigenvalue weighted by molar-refractivity contribution is 7.13. The molecule has 4 rings (SSSR count). The van der Waals surface area contributed by atoms with Crippen LogP contribution in [0.25, 0.3) is 0 Å². The van der Waals surface area contributed by atoms with E-state index in [0.29, 0.717) is 17.1 Å². The number of benzene rings is 1. The summed E-state index contributed by atoms with van der Waals surface area (Å²) in [5, 5.41) is 5.59. The normalized spacial score (nSPS) is 20.1. The predicted octanol–water partition coefficient (Wildman–Crippen LogP) is 5.24. The number of para-hydroxylation sites is 1. The first-order valence-electron chi connectivity index (χ1n) is 10.5. The molecular formula is C22H30N4OS. The molecule has 0 spiro atoms. The molecule has 5 nitrogen and oxygen atoms in total. The van der Waals surface area contributed by atoms with E-state index in [1.165, 1.54) is 41.9 Å². The van der Waals surface area contributed by atoms with Crippen molar-refractivity contribution in [1.29, 1.82) is 0 Å². The Kier molecular flexibility index (Phi) is 5.85. The van der Waals surface area contributed by atoms with E-state index in [9.17, 15) is 4.79 Å². The van der Waals surface area contributed by atoms with Crippen molar-refractivity contribution in [2.45, 2.75) is 57.9 Å². The van der Waals surface area contributed by atoms with Gasteiger partial charge in [-0.1, -0.05) is 31.5 Å². The first-order chi connectivity index (χ1) is 13.7. The third-order valence-corrected chi connectivity index (χ3v) is 6.94. The number of fused-ring (bicyclic) bond motifs is 1. The summed E-state index contributed by atoms with van der Waals surface area (Å²) in [5.74, 6) is 0.699. The minimum absolute atomic E-state index is 0.0187. The van der Waals surface area contributed by atoms with Gasteiger partial charge in [0, 0.05) is 36.7 Å². The molecule has 2 amide bonds. The number of aryl methyl sites for hydroxylation is 1. The van der Waals surface area contributed by atoms with Crippen molar-refractivity contribution >= 4 is 28.2 Å². The van der Waals surface area contributed by atoms with Gasteiger partial charge in [-0.05, 0) is 50.2 Å². The molecule has 0 saturated carbocycles. The number of nitrogens with zero attached hydrogens (tertiary/aromatic N) is 3. The summed E-state index contributed by atoms with van der Waals surface area (Å²) < 4.78 is 0. The lowest BCUT2D eigenvalue weighted by molar-refractivity contribution is 0.193. The Morgan fingerprint density at radius 1 is 1.21 bits per heavy atom. The molecule has 0 radical (unpaired) electrons. The fourth-order valence-electron chi connectivity index (χ4n) is 4.66. The van der Waals surface area contributed by atoms with E-state index in [-0.39, 0.29) is 6.03 Å². The Morgan fingerprint density at radius 3 is 2.71 bits per heavy atom. The number of aromatic nitrogens is 1. The summed E-state index contributed by atoms with van der Waals surface area (Å²) in [6.07, 6.45) is 5.81. The van der Waals surface area contributed by atoms with Crippen molar-refractivity contribution in [2.24, 2.45) is 0 Å². The van der Waals surface area contributed by atoms with Gasteiger partial charge in [0.25, 0.3) is 0 Å². The number of carbonyl (C=O) groups excluding carboxylic acids is 1. The largest absolute Gasteiger partial charge is 0.368 e. The topological polar surface area (TPSA) is 48.5 Å². The lowest BCUT2D eigenvalue weighted by Gasteiger charge is -2.44. The number of hydrogen-bond donors (Lipinski definition) is 1. The van der Waals surface area contributed by atoms with Crippen LogP contribution in [0, 0.1) is 6.92 Å². The number of anilines is 2. The number of rotatable bonds is 4. The number of amides is 2. The minimum atomic E-state index is -0.0187. The molecule has 1 N–H and O–H groups in total. The molecule has 28 heavy (non-hydrogen) atoms. The van der Waals surface area contributed by atoms with Crippen LogP contribution in [0.1, 0.15) is 56.2 Å². The monoisotopic (exact) mass is 398 g/mol. The van der Waals surface area contributed by atoms with E-state index in [4.69, 9.17) is 0 Å². The van der Waals surface area contributed by atoms with E-state index in [0.717, 1.165) is 38.2 Å². The van der Waals surface area contributed by atoms with Gasteiger partial charge >= 0.3 is 6.03 Å². The highest BCUT2D eigenvalue weighted by Gasteiger charge is 2.32. The van der Waals surface area contributed by atoms with Crippen LogP contribution in [-0.2, 0) is 0 Å². The van der Waals surface area contributed by atoms with Gasteiger partial charge in [0.15, 0.2) is 5.13 Å². The number of nitrogens with one attached hydrogen (secondary N) is 1. The maximum absolute atomic E-state index is 12.5.